The standard InChI is InChI=1S/C18H34N2O2/c1-3-9-18(22,10-4-2)15-17(21)20-13-7-16(8-14-20)19-11-5-6-12-19/h16,22H,3-15H2,1-2H3. The van der Waals surface area contributed by atoms with Gasteiger partial charge in [-0.25, -0.2) is 0 Å². The average molecular weight is 310 g/mol. The summed E-state index contributed by atoms with van der Waals surface area (Å²) >= 11 is 0. The second-order valence-electron chi connectivity index (χ2n) is 7.26. The van der Waals surface area contributed by atoms with Gasteiger partial charge < -0.3 is 14.9 Å². The van der Waals surface area contributed by atoms with E-state index in [-0.39, 0.29) is 5.91 Å². The average Bonchev–Trinajstić information content (AvgIpc) is 3.02. The third-order valence-corrected chi connectivity index (χ3v) is 5.39. The summed E-state index contributed by atoms with van der Waals surface area (Å²) in [5.74, 6) is 0.157. The zero-order chi connectivity index (χ0) is 16.0. The molecule has 0 aliphatic carbocycles. The summed E-state index contributed by atoms with van der Waals surface area (Å²) in [5, 5.41) is 10.7. The molecule has 0 unspecified atom stereocenters. The molecule has 4 heteroatoms. The number of rotatable bonds is 7. The second kappa shape index (κ2) is 8.30. The van der Waals surface area contributed by atoms with Crippen molar-refractivity contribution >= 4 is 5.91 Å². The van der Waals surface area contributed by atoms with Gasteiger partial charge in [-0.05, 0) is 51.6 Å². The van der Waals surface area contributed by atoms with Crippen molar-refractivity contribution in [2.45, 2.75) is 83.3 Å². The van der Waals surface area contributed by atoms with E-state index in [2.05, 4.69) is 18.7 Å². The Hall–Kier alpha value is -0.610. The molecule has 1 N–H and O–H groups in total. The Bertz CT molecular complexity index is 339. The molecule has 2 fully saturated rings. The van der Waals surface area contributed by atoms with Crippen molar-refractivity contribution in [3.05, 3.63) is 0 Å². The molecule has 128 valence electrons. The predicted octanol–water partition coefficient (Wildman–Crippen LogP) is 2.79. The van der Waals surface area contributed by atoms with Crippen molar-refractivity contribution in [2.24, 2.45) is 0 Å². The van der Waals surface area contributed by atoms with Gasteiger partial charge in [-0.1, -0.05) is 26.7 Å². The van der Waals surface area contributed by atoms with E-state index in [1.807, 2.05) is 4.90 Å². The fraction of sp³-hybridized carbons (Fsp3) is 0.944. The van der Waals surface area contributed by atoms with Crippen LogP contribution in [-0.2, 0) is 4.79 Å². The molecule has 0 bridgehead atoms. The van der Waals surface area contributed by atoms with Crippen LogP contribution in [0.15, 0.2) is 0 Å². The lowest BCUT2D eigenvalue weighted by molar-refractivity contribution is -0.138. The van der Waals surface area contributed by atoms with Crippen molar-refractivity contribution in [2.75, 3.05) is 26.2 Å². The molecule has 0 saturated carbocycles. The fourth-order valence-corrected chi connectivity index (χ4v) is 4.21. The maximum Gasteiger partial charge on any atom is 0.225 e. The molecule has 0 atom stereocenters. The van der Waals surface area contributed by atoms with E-state index >= 15 is 0 Å². The van der Waals surface area contributed by atoms with E-state index in [4.69, 9.17) is 0 Å². The molecule has 2 rings (SSSR count). The topological polar surface area (TPSA) is 43.8 Å². The molecule has 22 heavy (non-hydrogen) atoms. The number of carbonyl (C=O) groups is 1. The van der Waals surface area contributed by atoms with Gasteiger partial charge in [0.05, 0.1) is 12.0 Å². The van der Waals surface area contributed by atoms with E-state index in [9.17, 15) is 9.90 Å². The number of hydrogen-bond acceptors (Lipinski definition) is 3. The SMILES string of the molecule is CCCC(O)(CCC)CC(=O)N1CCC(N2CCCC2)CC1. The molecule has 0 aromatic carbocycles. The number of hydrogen-bond donors (Lipinski definition) is 1. The minimum Gasteiger partial charge on any atom is -0.389 e. The van der Waals surface area contributed by atoms with E-state index in [1.165, 1.54) is 25.9 Å². The maximum absolute atomic E-state index is 12.5. The lowest BCUT2D eigenvalue weighted by Crippen LogP contribution is -2.47. The minimum absolute atomic E-state index is 0.157. The fourth-order valence-electron chi connectivity index (χ4n) is 4.21. The highest BCUT2D eigenvalue weighted by molar-refractivity contribution is 5.77. The van der Waals surface area contributed by atoms with Crippen molar-refractivity contribution in [3.8, 4) is 0 Å². The van der Waals surface area contributed by atoms with Crippen LogP contribution < -0.4 is 0 Å². The second-order valence-corrected chi connectivity index (χ2v) is 7.26. The van der Waals surface area contributed by atoms with Gasteiger partial charge >= 0.3 is 0 Å². The molecule has 0 radical (unpaired) electrons. The first-order valence-electron chi connectivity index (χ1n) is 9.32. The van der Waals surface area contributed by atoms with Crippen LogP contribution in [0.4, 0.5) is 0 Å². The van der Waals surface area contributed by atoms with Gasteiger partial charge in [-0.15, -0.1) is 0 Å². The molecule has 0 aromatic heterocycles. The van der Waals surface area contributed by atoms with Crippen molar-refractivity contribution in [1.29, 1.82) is 0 Å². The number of piperidine rings is 1. The zero-order valence-corrected chi connectivity index (χ0v) is 14.5. The van der Waals surface area contributed by atoms with Crippen LogP contribution in [0.5, 0.6) is 0 Å². The van der Waals surface area contributed by atoms with Crippen molar-refractivity contribution < 1.29 is 9.90 Å². The molecule has 2 aliphatic rings. The van der Waals surface area contributed by atoms with Crippen molar-refractivity contribution in [1.82, 2.24) is 9.80 Å². The molecule has 1 amide bonds. The molecular formula is C18H34N2O2. The Kier molecular flexibility index (Phi) is 6.69. The summed E-state index contributed by atoms with van der Waals surface area (Å²) in [6, 6.07) is 0.678. The van der Waals surface area contributed by atoms with Gasteiger partial charge in [0.25, 0.3) is 0 Å². The van der Waals surface area contributed by atoms with Crippen LogP contribution in [0.25, 0.3) is 0 Å². The van der Waals surface area contributed by atoms with Gasteiger partial charge in [-0.2, -0.15) is 0 Å². The van der Waals surface area contributed by atoms with E-state index in [0.29, 0.717) is 12.5 Å². The lowest BCUT2D eigenvalue weighted by Gasteiger charge is -2.38. The summed E-state index contributed by atoms with van der Waals surface area (Å²) in [5.41, 5.74) is -0.785. The summed E-state index contributed by atoms with van der Waals surface area (Å²) < 4.78 is 0. The Morgan fingerprint density at radius 3 is 2.09 bits per heavy atom. The number of amides is 1. The normalized spacial score (nSPS) is 21.5. The van der Waals surface area contributed by atoms with Gasteiger partial charge in [0.15, 0.2) is 0 Å². The Balaban J connectivity index is 1.80. The molecule has 2 aliphatic heterocycles. The lowest BCUT2D eigenvalue weighted by atomic mass is 9.88. The summed E-state index contributed by atoms with van der Waals surface area (Å²) in [4.78, 5) is 17.1. The molecule has 2 heterocycles. The van der Waals surface area contributed by atoms with Crippen LogP contribution in [0.3, 0.4) is 0 Å². The largest absolute Gasteiger partial charge is 0.389 e. The highest BCUT2D eigenvalue weighted by Gasteiger charge is 2.33. The van der Waals surface area contributed by atoms with Crippen LogP contribution in [-0.4, -0.2) is 58.6 Å². The van der Waals surface area contributed by atoms with Gasteiger partial charge in [0.2, 0.25) is 5.91 Å². The molecule has 2 saturated heterocycles. The Labute approximate surface area is 135 Å². The first kappa shape index (κ1) is 17.7. The third kappa shape index (κ3) is 4.69. The minimum atomic E-state index is -0.785. The van der Waals surface area contributed by atoms with E-state index < -0.39 is 5.60 Å². The van der Waals surface area contributed by atoms with Crippen LogP contribution in [0, 0.1) is 0 Å². The quantitative estimate of drug-likeness (QED) is 0.786. The molecule has 4 nitrogen and oxygen atoms in total. The van der Waals surface area contributed by atoms with Crippen LogP contribution in [0.1, 0.15) is 71.6 Å². The highest BCUT2D eigenvalue weighted by Crippen LogP contribution is 2.26. The Morgan fingerprint density at radius 1 is 1.05 bits per heavy atom. The van der Waals surface area contributed by atoms with Gasteiger partial charge in [0.1, 0.15) is 0 Å². The maximum atomic E-state index is 12.5. The Morgan fingerprint density at radius 2 is 1.59 bits per heavy atom. The molecule has 0 aromatic rings. The van der Waals surface area contributed by atoms with E-state index in [0.717, 1.165) is 51.6 Å². The van der Waals surface area contributed by atoms with Crippen molar-refractivity contribution in [3.63, 3.8) is 0 Å². The first-order valence-corrected chi connectivity index (χ1v) is 9.32. The van der Waals surface area contributed by atoms with E-state index in [1.54, 1.807) is 0 Å². The smallest absolute Gasteiger partial charge is 0.225 e. The third-order valence-electron chi connectivity index (χ3n) is 5.39. The summed E-state index contributed by atoms with van der Waals surface area (Å²) in [7, 11) is 0. The van der Waals surface area contributed by atoms with Crippen LogP contribution in [0.2, 0.25) is 0 Å². The highest BCUT2D eigenvalue weighted by atomic mass is 16.3. The number of carbonyl (C=O) groups excluding carboxylic acids is 1. The van der Waals surface area contributed by atoms with Gasteiger partial charge in [-0.3, -0.25) is 4.79 Å². The predicted molar refractivity (Wildman–Crippen MR) is 89.8 cm³/mol. The summed E-state index contributed by atoms with van der Waals surface area (Å²) in [6.07, 6.45) is 8.51. The van der Waals surface area contributed by atoms with Gasteiger partial charge in [0, 0.05) is 19.1 Å². The first-order chi connectivity index (χ1) is 10.6. The summed E-state index contributed by atoms with van der Waals surface area (Å²) in [6.45, 7) is 8.37. The number of likely N-dealkylation sites (tertiary alicyclic amines) is 2. The number of aliphatic hydroxyl groups is 1. The number of nitrogens with zero attached hydrogens (tertiary/aromatic N) is 2. The zero-order valence-electron chi connectivity index (χ0n) is 14.5. The molecule has 0 spiro atoms. The molecular weight excluding hydrogens is 276 g/mol. The monoisotopic (exact) mass is 310 g/mol. The van der Waals surface area contributed by atoms with Crippen LogP contribution >= 0.6 is 0 Å².